The van der Waals surface area contributed by atoms with Crippen molar-refractivity contribution in [3.63, 3.8) is 0 Å². The molecule has 1 fully saturated rings. The van der Waals surface area contributed by atoms with E-state index in [0.29, 0.717) is 46.3 Å². The van der Waals surface area contributed by atoms with Gasteiger partial charge in [0.05, 0.1) is 49.6 Å². The van der Waals surface area contributed by atoms with Gasteiger partial charge in [0.2, 0.25) is 5.95 Å². The van der Waals surface area contributed by atoms with E-state index >= 15 is 0 Å². The first-order valence-corrected chi connectivity index (χ1v) is 11.3. The number of hydrogen-bond acceptors (Lipinski definition) is 8. The SMILES string of the molecule is COc1cc(OC)c(Cl)c(/C=C/c2cnc(N[C@@H]3COCC3NC(=O)OC(C)(C)C)nc2)c1Cl. The molecule has 1 saturated heterocycles. The minimum atomic E-state index is -0.580. The van der Waals surface area contributed by atoms with Crippen molar-refractivity contribution in [1.29, 1.82) is 0 Å². The number of carbonyl (C=O) groups excluding carboxylic acids is 1. The highest BCUT2D eigenvalue weighted by molar-refractivity contribution is 6.39. The zero-order chi connectivity index (χ0) is 24.9. The van der Waals surface area contributed by atoms with E-state index in [2.05, 4.69) is 20.6 Å². The smallest absolute Gasteiger partial charge is 0.408 e. The fourth-order valence-electron chi connectivity index (χ4n) is 3.19. The number of methoxy groups -OCH3 is 2. The lowest BCUT2D eigenvalue weighted by Crippen LogP contribution is -2.47. The molecule has 0 spiro atoms. The number of nitrogens with one attached hydrogen (secondary N) is 2. The quantitative estimate of drug-likeness (QED) is 0.553. The molecule has 1 aromatic carbocycles. The van der Waals surface area contributed by atoms with E-state index in [4.69, 9.17) is 42.1 Å². The van der Waals surface area contributed by atoms with Crippen LogP contribution in [0.4, 0.5) is 10.7 Å². The topological polar surface area (TPSA) is 104 Å². The summed E-state index contributed by atoms with van der Waals surface area (Å²) in [5.74, 6) is 1.31. The molecule has 1 amide bonds. The Morgan fingerprint density at radius 1 is 1.06 bits per heavy atom. The Labute approximate surface area is 208 Å². The van der Waals surface area contributed by atoms with Crippen LogP contribution in [-0.2, 0) is 9.47 Å². The van der Waals surface area contributed by atoms with E-state index < -0.39 is 11.7 Å². The molecule has 1 aromatic heterocycles. The predicted octanol–water partition coefficient (Wildman–Crippen LogP) is 4.68. The number of amides is 1. The fraction of sp³-hybridized carbons (Fsp3) is 0.435. The summed E-state index contributed by atoms with van der Waals surface area (Å²) < 4.78 is 21.4. The average Bonchev–Trinajstić information content (AvgIpc) is 3.20. The standard InChI is InChI=1S/C23H28Cl2N4O5/c1-23(2,3)34-22(30)29-16-12-33-11-15(16)28-21-26-9-13(10-27-21)6-7-14-19(24)17(31-4)8-18(32-5)20(14)25/h6-10,15-16H,11-12H2,1-5H3,(H,29,30)(H,26,27,28)/b7-6+/t15-,16?/m1/s1. The van der Waals surface area contributed by atoms with Crippen LogP contribution in [0, 0.1) is 0 Å². The van der Waals surface area contributed by atoms with Gasteiger partial charge >= 0.3 is 6.09 Å². The molecule has 0 bridgehead atoms. The number of aromatic nitrogens is 2. The molecule has 0 aliphatic carbocycles. The van der Waals surface area contributed by atoms with Gasteiger partial charge in [0.25, 0.3) is 0 Å². The van der Waals surface area contributed by atoms with Gasteiger partial charge in [-0.3, -0.25) is 0 Å². The fourth-order valence-corrected chi connectivity index (χ4v) is 3.82. The van der Waals surface area contributed by atoms with Crippen LogP contribution in [0.25, 0.3) is 12.2 Å². The largest absolute Gasteiger partial charge is 0.495 e. The number of carbonyl (C=O) groups is 1. The Hall–Kier alpha value is -2.75. The normalized spacial score (nSPS) is 18.1. The van der Waals surface area contributed by atoms with Gasteiger partial charge in [-0.05, 0) is 20.8 Å². The summed E-state index contributed by atoms with van der Waals surface area (Å²) in [7, 11) is 3.04. The molecule has 184 valence electrons. The first-order chi connectivity index (χ1) is 16.1. The number of benzene rings is 1. The van der Waals surface area contributed by atoms with Crippen molar-refractivity contribution in [3.05, 3.63) is 39.6 Å². The molecule has 0 saturated carbocycles. The lowest BCUT2D eigenvalue weighted by molar-refractivity contribution is 0.0497. The van der Waals surface area contributed by atoms with Crippen LogP contribution in [0.3, 0.4) is 0 Å². The van der Waals surface area contributed by atoms with Gasteiger partial charge in [-0.1, -0.05) is 35.4 Å². The molecular weight excluding hydrogens is 483 g/mol. The molecular formula is C23H28Cl2N4O5. The van der Waals surface area contributed by atoms with Crippen LogP contribution in [-0.4, -0.2) is 61.2 Å². The molecule has 11 heteroatoms. The lowest BCUT2D eigenvalue weighted by atomic mass is 10.1. The number of ether oxygens (including phenoxy) is 4. The van der Waals surface area contributed by atoms with Crippen molar-refractivity contribution in [2.45, 2.75) is 38.5 Å². The molecule has 2 aromatic rings. The molecule has 2 heterocycles. The zero-order valence-corrected chi connectivity index (χ0v) is 21.2. The molecule has 2 atom stereocenters. The van der Waals surface area contributed by atoms with Gasteiger partial charge in [0.1, 0.15) is 17.1 Å². The van der Waals surface area contributed by atoms with Crippen LogP contribution >= 0.6 is 23.2 Å². The first-order valence-electron chi connectivity index (χ1n) is 10.5. The zero-order valence-electron chi connectivity index (χ0n) is 19.6. The Balaban J connectivity index is 1.67. The van der Waals surface area contributed by atoms with Crippen molar-refractivity contribution < 1.29 is 23.7 Å². The summed E-state index contributed by atoms with van der Waals surface area (Å²) >= 11 is 12.8. The maximum Gasteiger partial charge on any atom is 0.408 e. The second-order valence-electron chi connectivity index (χ2n) is 8.54. The summed E-state index contributed by atoms with van der Waals surface area (Å²) in [5, 5.41) is 6.75. The molecule has 2 N–H and O–H groups in total. The molecule has 0 radical (unpaired) electrons. The van der Waals surface area contributed by atoms with E-state index in [1.165, 1.54) is 14.2 Å². The molecule has 1 aliphatic rings. The molecule has 34 heavy (non-hydrogen) atoms. The minimum Gasteiger partial charge on any atom is -0.495 e. The van der Waals surface area contributed by atoms with Gasteiger partial charge in [0.15, 0.2) is 0 Å². The number of nitrogens with zero attached hydrogens (tertiary/aromatic N) is 2. The van der Waals surface area contributed by atoms with Crippen LogP contribution in [0.2, 0.25) is 10.0 Å². The number of anilines is 1. The van der Waals surface area contributed by atoms with Gasteiger partial charge in [0, 0.05) is 29.6 Å². The third-order valence-corrected chi connectivity index (χ3v) is 5.60. The van der Waals surface area contributed by atoms with Gasteiger partial charge < -0.3 is 29.6 Å². The summed E-state index contributed by atoms with van der Waals surface area (Å²) in [4.78, 5) is 20.8. The third-order valence-electron chi connectivity index (χ3n) is 4.82. The van der Waals surface area contributed by atoms with E-state index in [9.17, 15) is 4.79 Å². The summed E-state index contributed by atoms with van der Waals surface area (Å²) in [6.07, 6.45) is 6.32. The lowest BCUT2D eigenvalue weighted by Gasteiger charge is -2.24. The number of hydrogen-bond donors (Lipinski definition) is 2. The highest BCUT2D eigenvalue weighted by Crippen LogP contribution is 2.41. The van der Waals surface area contributed by atoms with Crippen molar-refractivity contribution in [2.24, 2.45) is 0 Å². The molecule has 1 unspecified atom stereocenters. The third kappa shape index (κ3) is 6.65. The van der Waals surface area contributed by atoms with Crippen LogP contribution < -0.4 is 20.1 Å². The highest BCUT2D eigenvalue weighted by Gasteiger charge is 2.31. The second-order valence-corrected chi connectivity index (χ2v) is 9.29. The maximum absolute atomic E-state index is 12.1. The van der Waals surface area contributed by atoms with Crippen LogP contribution in [0.15, 0.2) is 18.5 Å². The Morgan fingerprint density at radius 2 is 1.65 bits per heavy atom. The number of halogens is 2. The summed E-state index contributed by atoms with van der Waals surface area (Å²) in [5.41, 5.74) is 0.704. The van der Waals surface area contributed by atoms with Crippen molar-refractivity contribution in [2.75, 3.05) is 32.8 Å². The average molecular weight is 511 g/mol. The molecule has 1 aliphatic heterocycles. The van der Waals surface area contributed by atoms with Gasteiger partial charge in [-0.2, -0.15) is 0 Å². The van der Waals surface area contributed by atoms with E-state index in [1.807, 2.05) is 20.8 Å². The van der Waals surface area contributed by atoms with E-state index in [0.717, 1.165) is 5.56 Å². The minimum absolute atomic E-state index is 0.198. The Kier molecular flexibility index (Phi) is 8.46. The van der Waals surface area contributed by atoms with Gasteiger partial charge in [-0.25, -0.2) is 14.8 Å². The Bertz CT molecular complexity index is 1010. The van der Waals surface area contributed by atoms with Crippen molar-refractivity contribution in [1.82, 2.24) is 15.3 Å². The monoisotopic (exact) mass is 510 g/mol. The number of alkyl carbamates (subject to hydrolysis) is 1. The van der Waals surface area contributed by atoms with E-state index in [1.54, 1.807) is 30.6 Å². The molecule has 3 rings (SSSR count). The summed E-state index contributed by atoms with van der Waals surface area (Å²) in [6.45, 7) is 6.20. The second kappa shape index (κ2) is 11.1. The first kappa shape index (κ1) is 25.9. The van der Waals surface area contributed by atoms with Crippen LogP contribution in [0.5, 0.6) is 11.5 Å². The van der Waals surface area contributed by atoms with Gasteiger partial charge in [-0.15, -0.1) is 0 Å². The predicted molar refractivity (Wildman–Crippen MR) is 132 cm³/mol. The highest BCUT2D eigenvalue weighted by atomic mass is 35.5. The molecule has 9 nitrogen and oxygen atoms in total. The van der Waals surface area contributed by atoms with Crippen molar-refractivity contribution in [3.8, 4) is 11.5 Å². The van der Waals surface area contributed by atoms with Crippen molar-refractivity contribution >= 4 is 47.4 Å². The Morgan fingerprint density at radius 3 is 2.21 bits per heavy atom. The summed E-state index contributed by atoms with van der Waals surface area (Å²) in [6, 6.07) is 1.16. The van der Waals surface area contributed by atoms with Crippen LogP contribution in [0.1, 0.15) is 31.9 Å². The number of rotatable bonds is 7. The van der Waals surface area contributed by atoms with E-state index in [-0.39, 0.29) is 12.1 Å². The maximum atomic E-state index is 12.1.